The van der Waals surface area contributed by atoms with Crippen LogP contribution in [0.1, 0.15) is 6.92 Å². The molecule has 1 N–H and O–H groups in total. The van der Waals surface area contributed by atoms with E-state index >= 15 is 0 Å². The van der Waals surface area contributed by atoms with Crippen molar-refractivity contribution in [3.8, 4) is 18.2 Å². The van der Waals surface area contributed by atoms with Crippen molar-refractivity contribution in [2.45, 2.75) is 6.92 Å². The molecule has 1 aliphatic heterocycles. The van der Waals surface area contributed by atoms with Gasteiger partial charge in [-0.15, -0.1) is 0 Å². The number of benzene rings is 1. The van der Waals surface area contributed by atoms with E-state index in [0.717, 1.165) is 38.4 Å². The highest BCUT2D eigenvalue weighted by Gasteiger charge is 2.18. The van der Waals surface area contributed by atoms with E-state index in [1.165, 1.54) is 0 Å². The van der Waals surface area contributed by atoms with Crippen LogP contribution in [0, 0.1) is 34.0 Å². The average Bonchev–Trinajstić information content (AvgIpc) is 2.62. The van der Waals surface area contributed by atoms with E-state index in [2.05, 4.69) is 22.0 Å². The van der Waals surface area contributed by atoms with E-state index in [-0.39, 0.29) is 11.3 Å². The van der Waals surface area contributed by atoms with E-state index < -0.39 is 0 Å². The number of halogens is 1. The zero-order chi connectivity index (χ0) is 17.5. The summed E-state index contributed by atoms with van der Waals surface area (Å²) in [6.45, 7) is 7.03. The van der Waals surface area contributed by atoms with Crippen LogP contribution in [0.3, 0.4) is 0 Å². The third-order valence-electron chi connectivity index (χ3n) is 3.96. The predicted molar refractivity (Wildman–Crippen MR) is 93.3 cm³/mol. The SMILES string of the molecule is CCN1CCN(c2ccc(NC(C#N)=C(C#N)C#N)cc2Cl)CC1. The van der Waals surface area contributed by atoms with Crippen LogP contribution >= 0.6 is 11.6 Å². The van der Waals surface area contributed by atoms with E-state index in [1.807, 2.05) is 12.1 Å². The Labute approximate surface area is 146 Å². The summed E-state index contributed by atoms with van der Waals surface area (Å²) >= 11 is 6.38. The van der Waals surface area contributed by atoms with Crippen molar-refractivity contribution in [1.29, 1.82) is 15.8 Å². The van der Waals surface area contributed by atoms with Gasteiger partial charge in [-0.1, -0.05) is 18.5 Å². The predicted octanol–water partition coefficient (Wildman–Crippen LogP) is 2.72. The van der Waals surface area contributed by atoms with Gasteiger partial charge in [0.15, 0.2) is 5.57 Å². The van der Waals surface area contributed by atoms with Gasteiger partial charge in [-0.05, 0) is 24.7 Å². The molecular weight excluding hydrogens is 324 g/mol. The van der Waals surface area contributed by atoms with E-state index in [4.69, 9.17) is 27.4 Å². The van der Waals surface area contributed by atoms with Crippen molar-refractivity contribution in [1.82, 2.24) is 4.90 Å². The number of nitrogens with one attached hydrogen (secondary N) is 1. The smallest absolute Gasteiger partial charge is 0.163 e. The van der Waals surface area contributed by atoms with Crippen molar-refractivity contribution in [3.63, 3.8) is 0 Å². The molecule has 0 atom stereocenters. The molecule has 6 nitrogen and oxygen atoms in total. The molecule has 7 heteroatoms. The summed E-state index contributed by atoms with van der Waals surface area (Å²) < 4.78 is 0. The molecule has 1 aromatic carbocycles. The number of allylic oxidation sites excluding steroid dienone is 2. The Morgan fingerprint density at radius 3 is 2.29 bits per heavy atom. The highest BCUT2D eigenvalue weighted by atomic mass is 35.5. The number of hydrogen-bond acceptors (Lipinski definition) is 6. The van der Waals surface area contributed by atoms with Crippen molar-refractivity contribution < 1.29 is 0 Å². The maximum absolute atomic E-state index is 9.08. The standard InChI is InChI=1S/C17H17ClN6/c1-2-23-5-7-24(8-6-23)17-4-3-14(9-15(17)18)22-16(12-21)13(10-19)11-20/h3-4,9,22H,2,5-8H2,1H3. The van der Waals surface area contributed by atoms with Crippen LogP contribution in [0.4, 0.5) is 11.4 Å². The lowest BCUT2D eigenvalue weighted by molar-refractivity contribution is 0.271. The molecule has 0 radical (unpaired) electrons. The van der Waals surface area contributed by atoms with E-state index in [9.17, 15) is 0 Å². The number of nitriles is 3. The van der Waals surface area contributed by atoms with Crippen LogP contribution in [0.15, 0.2) is 29.5 Å². The first kappa shape index (κ1) is 17.6. The van der Waals surface area contributed by atoms with Crippen LogP contribution in [0.5, 0.6) is 0 Å². The molecule has 2 rings (SSSR count). The Hall–Kier alpha value is -2.72. The second-order valence-electron chi connectivity index (χ2n) is 5.30. The lowest BCUT2D eigenvalue weighted by Gasteiger charge is -2.36. The number of nitrogens with zero attached hydrogens (tertiary/aromatic N) is 5. The fourth-order valence-electron chi connectivity index (χ4n) is 2.57. The van der Waals surface area contributed by atoms with Crippen molar-refractivity contribution in [2.75, 3.05) is 42.9 Å². The molecule has 0 unspecified atom stereocenters. The Morgan fingerprint density at radius 2 is 1.79 bits per heavy atom. The number of likely N-dealkylation sites (N-methyl/N-ethyl adjacent to an activating group) is 1. The minimum atomic E-state index is -0.256. The fourth-order valence-corrected chi connectivity index (χ4v) is 2.87. The third kappa shape index (κ3) is 3.97. The van der Waals surface area contributed by atoms with Crippen molar-refractivity contribution >= 4 is 23.0 Å². The quantitative estimate of drug-likeness (QED) is 0.847. The van der Waals surface area contributed by atoms with Crippen LogP contribution in [0.2, 0.25) is 5.02 Å². The van der Waals surface area contributed by atoms with Crippen LogP contribution in [-0.4, -0.2) is 37.6 Å². The Kier molecular flexibility index (Phi) is 6.04. The summed E-state index contributed by atoms with van der Waals surface area (Å²) in [5.41, 5.74) is 1.17. The molecule has 1 heterocycles. The van der Waals surface area contributed by atoms with Gasteiger partial charge in [0, 0.05) is 31.9 Å². The minimum absolute atomic E-state index is 0.0830. The lowest BCUT2D eigenvalue weighted by Crippen LogP contribution is -2.46. The Morgan fingerprint density at radius 1 is 1.12 bits per heavy atom. The summed E-state index contributed by atoms with van der Waals surface area (Å²) in [4.78, 5) is 4.62. The summed E-state index contributed by atoms with van der Waals surface area (Å²) in [6, 6.07) is 10.6. The van der Waals surface area contributed by atoms with Gasteiger partial charge >= 0.3 is 0 Å². The molecule has 24 heavy (non-hydrogen) atoms. The topological polar surface area (TPSA) is 89.9 Å². The van der Waals surface area contributed by atoms with Gasteiger partial charge in [0.1, 0.15) is 23.9 Å². The molecule has 0 spiro atoms. The molecule has 0 aliphatic carbocycles. The van der Waals surface area contributed by atoms with Gasteiger partial charge in [-0.3, -0.25) is 0 Å². The zero-order valence-corrected chi connectivity index (χ0v) is 14.1. The first-order valence-corrected chi connectivity index (χ1v) is 7.99. The molecule has 1 aromatic rings. The molecule has 1 saturated heterocycles. The van der Waals surface area contributed by atoms with Crippen LogP contribution in [-0.2, 0) is 0 Å². The van der Waals surface area contributed by atoms with Gasteiger partial charge in [-0.2, -0.15) is 15.8 Å². The van der Waals surface area contributed by atoms with Gasteiger partial charge in [0.25, 0.3) is 0 Å². The number of anilines is 2. The molecule has 1 fully saturated rings. The first-order valence-electron chi connectivity index (χ1n) is 7.61. The Bertz CT molecular complexity index is 741. The second kappa shape index (κ2) is 8.22. The summed E-state index contributed by atoms with van der Waals surface area (Å²) in [5.74, 6) is 0. The molecule has 0 aromatic heterocycles. The van der Waals surface area contributed by atoms with Gasteiger partial charge in [0.2, 0.25) is 0 Å². The van der Waals surface area contributed by atoms with Crippen LogP contribution in [0.25, 0.3) is 0 Å². The minimum Gasteiger partial charge on any atom is -0.368 e. The third-order valence-corrected chi connectivity index (χ3v) is 4.27. The van der Waals surface area contributed by atoms with E-state index in [0.29, 0.717) is 10.7 Å². The van der Waals surface area contributed by atoms with Crippen molar-refractivity contribution in [3.05, 3.63) is 34.5 Å². The molecule has 0 bridgehead atoms. The molecule has 1 aliphatic rings. The summed E-state index contributed by atoms with van der Waals surface area (Å²) in [7, 11) is 0. The maximum atomic E-state index is 9.08. The average molecular weight is 341 g/mol. The fraction of sp³-hybridized carbons (Fsp3) is 0.353. The summed E-state index contributed by atoms with van der Waals surface area (Å²) in [5, 5.41) is 30.1. The van der Waals surface area contributed by atoms with Gasteiger partial charge in [-0.25, -0.2) is 0 Å². The molecule has 0 saturated carbocycles. The zero-order valence-electron chi connectivity index (χ0n) is 13.4. The Balaban J connectivity index is 2.17. The lowest BCUT2D eigenvalue weighted by atomic mass is 10.2. The van der Waals surface area contributed by atoms with Crippen LogP contribution < -0.4 is 10.2 Å². The van der Waals surface area contributed by atoms with Gasteiger partial charge in [0.05, 0.1) is 10.7 Å². The number of piperazine rings is 1. The largest absolute Gasteiger partial charge is 0.368 e. The first-order chi connectivity index (χ1) is 11.6. The number of rotatable bonds is 4. The van der Waals surface area contributed by atoms with Gasteiger partial charge < -0.3 is 15.1 Å². The second-order valence-corrected chi connectivity index (χ2v) is 5.71. The molecular formula is C17H17ClN6. The monoisotopic (exact) mass is 340 g/mol. The molecule has 122 valence electrons. The highest BCUT2D eigenvalue weighted by molar-refractivity contribution is 6.33. The van der Waals surface area contributed by atoms with Crippen molar-refractivity contribution in [2.24, 2.45) is 0 Å². The number of hydrogen-bond donors (Lipinski definition) is 1. The maximum Gasteiger partial charge on any atom is 0.163 e. The highest BCUT2D eigenvalue weighted by Crippen LogP contribution is 2.30. The van der Waals surface area contributed by atoms with E-state index in [1.54, 1.807) is 24.3 Å². The summed E-state index contributed by atoms with van der Waals surface area (Å²) in [6.07, 6.45) is 0. The molecule has 0 amide bonds. The normalized spacial score (nSPS) is 14.2.